The van der Waals surface area contributed by atoms with E-state index in [0.29, 0.717) is 17.2 Å². The zero-order valence-corrected chi connectivity index (χ0v) is 15.1. The number of aryl methyl sites for hydroxylation is 1. The molecule has 0 unspecified atom stereocenters. The maximum Gasteiger partial charge on any atom is 0.335 e. The van der Waals surface area contributed by atoms with Crippen LogP contribution in [0.2, 0.25) is 0 Å². The molecule has 0 aliphatic carbocycles. The highest BCUT2D eigenvalue weighted by atomic mass is 32.2. The maximum absolute atomic E-state index is 12.5. The summed E-state index contributed by atoms with van der Waals surface area (Å²) in [6.07, 6.45) is 1.32. The molecule has 7 nitrogen and oxygen atoms in total. The smallest absolute Gasteiger partial charge is 0.335 e. The van der Waals surface area contributed by atoms with Crippen molar-refractivity contribution in [1.29, 1.82) is 0 Å². The first-order valence-corrected chi connectivity index (χ1v) is 9.39. The van der Waals surface area contributed by atoms with E-state index >= 15 is 0 Å². The Morgan fingerprint density at radius 2 is 1.81 bits per heavy atom. The molecule has 0 bridgehead atoms. The van der Waals surface area contributed by atoms with Crippen molar-refractivity contribution in [3.8, 4) is 11.6 Å². The highest BCUT2D eigenvalue weighted by Gasteiger charge is 2.18. The van der Waals surface area contributed by atoms with Crippen molar-refractivity contribution >= 4 is 21.7 Å². The molecule has 3 rings (SSSR count). The Hall–Kier alpha value is -3.39. The Balaban J connectivity index is 1.78. The van der Waals surface area contributed by atoms with Crippen LogP contribution in [0.5, 0.6) is 11.6 Å². The highest BCUT2D eigenvalue weighted by molar-refractivity contribution is 7.92. The molecule has 0 radical (unpaired) electrons. The van der Waals surface area contributed by atoms with Gasteiger partial charge in [-0.1, -0.05) is 24.3 Å². The van der Waals surface area contributed by atoms with Gasteiger partial charge >= 0.3 is 5.97 Å². The standard InChI is InChI=1S/C19H16N2O5S/c1-13-7-9-16(11-17(13)19(22)23)27(24,25)21-14-8-10-18(20-12-14)26-15-5-3-2-4-6-15/h2-12,21H,1H3,(H,22,23). The third-order valence-electron chi connectivity index (χ3n) is 3.70. The van der Waals surface area contributed by atoms with E-state index in [1.807, 2.05) is 18.2 Å². The molecule has 0 saturated heterocycles. The zero-order chi connectivity index (χ0) is 19.4. The van der Waals surface area contributed by atoms with Crippen molar-refractivity contribution in [3.63, 3.8) is 0 Å². The summed E-state index contributed by atoms with van der Waals surface area (Å²) in [6, 6.07) is 16.0. The summed E-state index contributed by atoms with van der Waals surface area (Å²) >= 11 is 0. The van der Waals surface area contributed by atoms with Gasteiger partial charge in [-0.2, -0.15) is 0 Å². The van der Waals surface area contributed by atoms with Crippen molar-refractivity contribution in [2.45, 2.75) is 11.8 Å². The van der Waals surface area contributed by atoms with Crippen LogP contribution in [0.4, 0.5) is 5.69 Å². The van der Waals surface area contributed by atoms with Crippen LogP contribution in [0.25, 0.3) is 0 Å². The van der Waals surface area contributed by atoms with Gasteiger partial charge in [0.2, 0.25) is 5.88 Å². The zero-order valence-electron chi connectivity index (χ0n) is 14.3. The van der Waals surface area contributed by atoms with Gasteiger partial charge in [-0.25, -0.2) is 18.2 Å². The molecule has 2 aromatic carbocycles. The number of rotatable bonds is 6. The number of aromatic nitrogens is 1. The number of carboxylic acids is 1. The van der Waals surface area contributed by atoms with Gasteiger partial charge in [0.25, 0.3) is 10.0 Å². The minimum absolute atomic E-state index is 0.0670. The molecule has 0 aliphatic heterocycles. The van der Waals surface area contributed by atoms with Crippen LogP contribution in [0.15, 0.2) is 71.8 Å². The third-order valence-corrected chi connectivity index (χ3v) is 5.08. The van der Waals surface area contributed by atoms with E-state index in [-0.39, 0.29) is 16.1 Å². The fraction of sp³-hybridized carbons (Fsp3) is 0.0526. The SMILES string of the molecule is Cc1ccc(S(=O)(=O)Nc2ccc(Oc3ccccc3)nc2)cc1C(=O)O. The second-order valence-electron chi connectivity index (χ2n) is 5.69. The van der Waals surface area contributed by atoms with Crippen molar-refractivity contribution in [3.05, 3.63) is 78.0 Å². The summed E-state index contributed by atoms with van der Waals surface area (Å²) in [6.45, 7) is 1.60. The lowest BCUT2D eigenvalue weighted by Gasteiger charge is -2.10. The minimum Gasteiger partial charge on any atom is -0.478 e. The van der Waals surface area contributed by atoms with Crippen LogP contribution >= 0.6 is 0 Å². The molecule has 8 heteroatoms. The number of ether oxygens (including phenoxy) is 1. The molecule has 0 aliphatic rings. The van der Waals surface area contributed by atoms with Gasteiger partial charge in [-0.05, 0) is 42.8 Å². The van der Waals surface area contributed by atoms with Crippen LogP contribution in [0.1, 0.15) is 15.9 Å². The van der Waals surface area contributed by atoms with Gasteiger partial charge in [0, 0.05) is 6.07 Å². The highest BCUT2D eigenvalue weighted by Crippen LogP contribution is 2.22. The monoisotopic (exact) mass is 384 g/mol. The first-order valence-electron chi connectivity index (χ1n) is 7.91. The summed E-state index contributed by atoms with van der Waals surface area (Å²) in [5.74, 6) is -0.263. The second-order valence-corrected chi connectivity index (χ2v) is 7.37. The molecule has 27 heavy (non-hydrogen) atoms. The number of hydrogen-bond acceptors (Lipinski definition) is 5. The molecule has 2 N–H and O–H groups in total. The summed E-state index contributed by atoms with van der Waals surface area (Å²) in [7, 11) is -3.95. The molecule has 0 fully saturated rings. The average Bonchev–Trinajstić information content (AvgIpc) is 2.64. The predicted octanol–water partition coefficient (Wildman–Crippen LogP) is 3.68. The number of sulfonamides is 1. The van der Waals surface area contributed by atoms with Crippen LogP contribution in [-0.4, -0.2) is 24.5 Å². The van der Waals surface area contributed by atoms with Gasteiger partial charge in [-0.15, -0.1) is 0 Å². The number of nitrogens with one attached hydrogen (secondary N) is 1. The molecule has 0 saturated carbocycles. The molecular weight excluding hydrogens is 368 g/mol. The van der Waals surface area contributed by atoms with E-state index in [2.05, 4.69) is 9.71 Å². The van der Waals surface area contributed by atoms with E-state index in [4.69, 9.17) is 9.84 Å². The Bertz CT molecular complexity index is 1070. The predicted molar refractivity (Wildman–Crippen MR) is 99.7 cm³/mol. The number of nitrogens with zero attached hydrogens (tertiary/aromatic N) is 1. The minimum atomic E-state index is -3.95. The normalized spacial score (nSPS) is 11.0. The largest absolute Gasteiger partial charge is 0.478 e. The van der Waals surface area contributed by atoms with Crippen LogP contribution in [0.3, 0.4) is 0 Å². The molecule has 138 valence electrons. The van der Waals surface area contributed by atoms with Crippen molar-refractivity contribution in [2.75, 3.05) is 4.72 Å². The molecule has 3 aromatic rings. The first-order chi connectivity index (χ1) is 12.8. The average molecular weight is 384 g/mol. The molecule has 1 heterocycles. The third kappa shape index (κ3) is 4.42. The molecule has 0 atom stereocenters. The summed E-state index contributed by atoms with van der Waals surface area (Å²) < 4.78 is 32.9. The van der Waals surface area contributed by atoms with Crippen molar-refractivity contribution < 1.29 is 23.1 Å². The van der Waals surface area contributed by atoms with E-state index in [1.165, 1.54) is 30.5 Å². The Morgan fingerprint density at radius 3 is 2.44 bits per heavy atom. The summed E-state index contributed by atoms with van der Waals surface area (Å²) in [4.78, 5) is 15.1. The number of para-hydroxylation sites is 1. The van der Waals surface area contributed by atoms with Crippen molar-refractivity contribution in [2.24, 2.45) is 0 Å². The molecule has 0 spiro atoms. The number of aromatic carboxylic acids is 1. The lowest BCUT2D eigenvalue weighted by molar-refractivity contribution is 0.0696. The number of benzene rings is 2. The van der Waals surface area contributed by atoms with Crippen LogP contribution < -0.4 is 9.46 Å². The van der Waals surface area contributed by atoms with E-state index in [0.717, 1.165) is 6.07 Å². The second kappa shape index (κ2) is 7.46. The van der Waals surface area contributed by atoms with Gasteiger partial charge < -0.3 is 9.84 Å². The van der Waals surface area contributed by atoms with Gasteiger partial charge in [-0.3, -0.25) is 4.72 Å². The quantitative estimate of drug-likeness (QED) is 0.672. The lowest BCUT2D eigenvalue weighted by Crippen LogP contribution is -2.14. The number of carboxylic acid groups (broad SMARTS) is 1. The summed E-state index contributed by atoms with van der Waals surface area (Å²) in [5, 5.41) is 9.16. The van der Waals surface area contributed by atoms with Gasteiger partial charge in [0.05, 0.1) is 22.3 Å². The molecule has 1 aromatic heterocycles. The van der Waals surface area contributed by atoms with Crippen molar-refractivity contribution in [1.82, 2.24) is 4.98 Å². The number of pyridine rings is 1. The van der Waals surface area contributed by atoms with E-state index in [1.54, 1.807) is 19.1 Å². The van der Waals surface area contributed by atoms with E-state index < -0.39 is 16.0 Å². The molecule has 0 amide bonds. The van der Waals surface area contributed by atoms with Gasteiger partial charge in [0.15, 0.2) is 0 Å². The Labute approximate surface area is 156 Å². The number of anilines is 1. The fourth-order valence-electron chi connectivity index (χ4n) is 2.32. The number of hydrogen-bond donors (Lipinski definition) is 2. The maximum atomic E-state index is 12.5. The Morgan fingerprint density at radius 1 is 1.07 bits per heavy atom. The van der Waals surface area contributed by atoms with Gasteiger partial charge in [0.1, 0.15) is 5.75 Å². The van der Waals surface area contributed by atoms with E-state index in [9.17, 15) is 13.2 Å². The fourth-order valence-corrected chi connectivity index (χ4v) is 3.39. The first kappa shape index (κ1) is 18.4. The van der Waals surface area contributed by atoms with Crippen LogP contribution in [-0.2, 0) is 10.0 Å². The van der Waals surface area contributed by atoms with Crippen LogP contribution in [0, 0.1) is 6.92 Å². The summed E-state index contributed by atoms with van der Waals surface area (Å²) in [5.41, 5.74) is 0.640. The molecular formula is C19H16N2O5S. The lowest BCUT2D eigenvalue weighted by atomic mass is 10.1. The Kier molecular flexibility index (Phi) is 5.09. The topological polar surface area (TPSA) is 106 Å². The number of carbonyl (C=O) groups is 1.